The average Bonchev–Trinajstić information content (AvgIpc) is 2.97. The standard InChI is InChI=1S/C16H25NOS/c1-12(17-2)13-8-9-16(18-3)14(10-13)11-19-15-6-4-5-7-15/h8-10,12,15,17H,4-7,11H2,1-3H3. The molecule has 1 N–H and O–H groups in total. The van der Waals surface area contributed by atoms with E-state index in [0.717, 1.165) is 16.8 Å². The Kier molecular flexibility index (Phi) is 5.59. The van der Waals surface area contributed by atoms with Gasteiger partial charge in [-0.3, -0.25) is 0 Å². The SMILES string of the molecule is CNC(C)c1ccc(OC)c(CSC2CCCC2)c1. The summed E-state index contributed by atoms with van der Waals surface area (Å²) in [6.07, 6.45) is 5.59. The van der Waals surface area contributed by atoms with Crippen molar-refractivity contribution >= 4 is 11.8 Å². The fourth-order valence-corrected chi connectivity index (χ4v) is 3.92. The zero-order valence-electron chi connectivity index (χ0n) is 12.2. The second-order valence-electron chi connectivity index (χ2n) is 5.30. The van der Waals surface area contributed by atoms with Crippen LogP contribution < -0.4 is 10.1 Å². The van der Waals surface area contributed by atoms with Crippen LogP contribution >= 0.6 is 11.8 Å². The van der Waals surface area contributed by atoms with Crippen molar-refractivity contribution in [3.63, 3.8) is 0 Å². The Hall–Kier alpha value is -0.670. The van der Waals surface area contributed by atoms with Gasteiger partial charge < -0.3 is 10.1 Å². The van der Waals surface area contributed by atoms with Crippen LogP contribution in [0.5, 0.6) is 5.75 Å². The molecular formula is C16H25NOS. The molecule has 1 fully saturated rings. The van der Waals surface area contributed by atoms with E-state index in [-0.39, 0.29) is 0 Å². The van der Waals surface area contributed by atoms with Crippen molar-refractivity contribution in [1.29, 1.82) is 0 Å². The van der Waals surface area contributed by atoms with Crippen LogP contribution in [-0.2, 0) is 5.75 Å². The molecule has 1 aliphatic rings. The normalized spacial score (nSPS) is 17.6. The van der Waals surface area contributed by atoms with E-state index in [1.807, 2.05) is 7.05 Å². The number of hydrogen-bond acceptors (Lipinski definition) is 3. The van der Waals surface area contributed by atoms with Crippen molar-refractivity contribution in [2.24, 2.45) is 0 Å². The van der Waals surface area contributed by atoms with E-state index in [2.05, 4.69) is 42.2 Å². The van der Waals surface area contributed by atoms with E-state index in [9.17, 15) is 0 Å². The maximum atomic E-state index is 5.50. The molecule has 0 saturated heterocycles. The number of nitrogens with one attached hydrogen (secondary N) is 1. The fraction of sp³-hybridized carbons (Fsp3) is 0.625. The van der Waals surface area contributed by atoms with Crippen LogP contribution in [0.1, 0.15) is 49.8 Å². The summed E-state index contributed by atoms with van der Waals surface area (Å²) < 4.78 is 5.50. The lowest BCUT2D eigenvalue weighted by atomic mass is 10.1. The third-order valence-corrected chi connectivity index (χ3v) is 5.43. The minimum atomic E-state index is 0.390. The first-order valence-corrected chi connectivity index (χ1v) is 8.25. The number of methoxy groups -OCH3 is 1. The van der Waals surface area contributed by atoms with Crippen LogP contribution in [0.25, 0.3) is 0 Å². The van der Waals surface area contributed by atoms with E-state index < -0.39 is 0 Å². The van der Waals surface area contributed by atoms with Crippen LogP contribution in [0, 0.1) is 0 Å². The molecule has 106 valence electrons. The summed E-state index contributed by atoms with van der Waals surface area (Å²) in [4.78, 5) is 0. The molecule has 0 heterocycles. The molecule has 1 aliphatic carbocycles. The zero-order chi connectivity index (χ0) is 13.7. The van der Waals surface area contributed by atoms with Crippen molar-refractivity contribution in [2.45, 2.75) is 49.7 Å². The lowest BCUT2D eigenvalue weighted by molar-refractivity contribution is 0.411. The van der Waals surface area contributed by atoms with Crippen LogP contribution in [-0.4, -0.2) is 19.4 Å². The Balaban J connectivity index is 2.06. The van der Waals surface area contributed by atoms with Crippen LogP contribution in [0.4, 0.5) is 0 Å². The molecular weight excluding hydrogens is 254 g/mol. The molecule has 1 aromatic rings. The highest BCUT2D eigenvalue weighted by molar-refractivity contribution is 7.99. The van der Waals surface area contributed by atoms with E-state index in [4.69, 9.17) is 4.74 Å². The van der Waals surface area contributed by atoms with Gasteiger partial charge in [-0.05, 0) is 44.5 Å². The Morgan fingerprint density at radius 3 is 2.74 bits per heavy atom. The van der Waals surface area contributed by atoms with Gasteiger partial charge >= 0.3 is 0 Å². The average molecular weight is 279 g/mol. The lowest BCUT2D eigenvalue weighted by Crippen LogP contribution is -2.12. The van der Waals surface area contributed by atoms with Gasteiger partial charge in [0.15, 0.2) is 0 Å². The number of ether oxygens (including phenoxy) is 1. The van der Waals surface area contributed by atoms with E-state index >= 15 is 0 Å². The summed E-state index contributed by atoms with van der Waals surface area (Å²) in [6, 6.07) is 6.94. The van der Waals surface area contributed by atoms with Crippen molar-refractivity contribution in [3.05, 3.63) is 29.3 Å². The van der Waals surface area contributed by atoms with E-state index in [1.54, 1.807) is 7.11 Å². The third-order valence-electron chi connectivity index (χ3n) is 4.01. The van der Waals surface area contributed by atoms with E-state index in [0.29, 0.717) is 6.04 Å². The number of benzene rings is 1. The van der Waals surface area contributed by atoms with Gasteiger partial charge in [-0.15, -0.1) is 0 Å². The molecule has 0 aliphatic heterocycles. The summed E-state index contributed by atoms with van der Waals surface area (Å²) in [7, 11) is 3.77. The molecule has 19 heavy (non-hydrogen) atoms. The van der Waals surface area contributed by atoms with Crippen LogP contribution in [0.3, 0.4) is 0 Å². The highest BCUT2D eigenvalue weighted by Gasteiger charge is 2.16. The molecule has 0 amide bonds. The molecule has 0 radical (unpaired) electrons. The molecule has 1 saturated carbocycles. The Morgan fingerprint density at radius 2 is 2.11 bits per heavy atom. The Bertz CT molecular complexity index is 402. The number of rotatable bonds is 6. The smallest absolute Gasteiger partial charge is 0.122 e. The predicted molar refractivity (Wildman–Crippen MR) is 84.0 cm³/mol. The molecule has 2 rings (SSSR count). The highest BCUT2D eigenvalue weighted by atomic mass is 32.2. The van der Waals surface area contributed by atoms with Crippen LogP contribution in [0.15, 0.2) is 18.2 Å². The van der Waals surface area contributed by atoms with Crippen molar-refractivity contribution < 1.29 is 4.74 Å². The Morgan fingerprint density at radius 1 is 1.37 bits per heavy atom. The molecule has 0 bridgehead atoms. The highest BCUT2D eigenvalue weighted by Crippen LogP contribution is 2.34. The largest absolute Gasteiger partial charge is 0.496 e. The first-order chi connectivity index (χ1) is 9.24. The summed E-state index contributed by atoms with van der Waals surface area (Å²) in [5.74, 6) is 2.09. The van der Waals surface area contributed by atoms with Gasteiger partial charge in [0.05, 0.1) is 7.11 Å². The summed E-state index contributed by atoms with van der Waals surface area (Å²) in [5, 5.41) is 4.15. The second-order valence-corrected chi connectivity index (χ2v) is 6.59. The predicted octanol–water partition coefficient (Wildman–Crippen LogP) is 4.15. The van der Waals surface area contributed by atoms with Gasteiger partial charge in [-0.25, -0.2) is 0 Å². The fourth-order valence-electron chi connectivity index (χ4n) is 2.61. The van der Waals surface area contributed by atoms with Gasteiger partial charge in [0.1, 0.15) is 5.75 Å². The number of hydrogen-bond donors (Lipinski definition) is 1. The second kappa shape index (κ2) is 7.20. The van der Waals surface area contributed by atoms with Gasteiger partial charge in [0.25, 0.3) is 0 Å². The van der Waals surface area contributed by atoms with Crippen molar-refractivity contribution in [1.82, 2.24) is 5.32 Å². The van der Waals surface area contributed by atoms with Crippen molar-refractivity contribution in [2.75, 3.05) is 14.2 Å². The topological polar surface area (TPSA) is 21.3 Å². The third kappa shape index (κ3) is 3.90. The lowest BCUT2D eigenvalue weighted by Gasteiger charge is -2.16. The van der Waals surface area contributed by atoms with Gasteiger partial charge in [-0.1, -0.05) is 18.9 Å². The minimum absolute atomic E-state index is 0.390. The monoisotopic (exact) mass is 279 g/mol. The quantitative estimate of drug-likeness (QED) is 0.845. The Labute approximate surface area is 121 Å². The minimum Gasteiger partial charge on any atom is -0.496 e. The molecule has 2 nitrogen and oxygen atoms in total. The zero-order valence-corrected chi connectivity index (χ0v) is 13.1. The van der Waals surface area contributed by atoms with Crippen LogP contribution in [0.2, 0.25) is 0 Å². The summed E-state index contributed by atoms with van der Waals surface area (Å²) in [5.41, 5.74) is 2.67. The maximum Gasteiger partial charge on any atom is 0.122 e. The molecule has 3 heteroatoms. The summed E-state index contributed by atoms with van der Waals surface area (Å²) in [6.45, 7) is 2.19. The van der Waals surface area contributed by atoms with Gasteiger partial charge in [0.2, 0.25) is 0 Å². The van der Waals surface area contributed by atoms with Gasteiger partial charge in [-0.2, -0.15) is 11.8 Å². The van der Waals surface area contributed by atoms with E-state index in [1.165, 1.54) is 36.8 Å². The molecule has 1 unspecified atom stereocenters. The van der Waals surface area contributed by atoms with Crippen molar-refractivity contribution in [3.8, 4) is 5.75 Å². The maximum absolute atomic E-state index is 5.50. The molecule has 0 aromatic heterocycles. The van der Waals surface area contributed by atoms with Gasteiger partial charge in [0, 0.05) is 22.6 Å². The molecule has 1 atom stereocenters. The number of thioether (sulfide) groups is 1. The first kappa shape index (κ1) is 14.7. The molecule has 0 spiro atoms. The summed E-state index contributed by atoms with van der Waals surface area (Å²) >= 11 is 2.09. The molecule has 1 aromatic carbocycles. The first-order valence-electron chi connectivity index (χ1n) is 7.20.